The van der Waals surface area contributed by atoms with Crippen LogP contribution in [0.25, 0.3) is 0 Å². The molecule has 3 nitrogen and oxygen atoms in total. The number of benzene rings is 2. The largest absolute Gasteiger partial charge is 0.306 e. The molecule has 0 aliphatic rings. The van der Waals surface area contributed by atoms with Crippen LogP contribution >= 0.6 is 30.3 Å². The zero-order valence-corrected chi connectivity index (χ0v) is 18.5. The molecule has 2 aromatic carbocycles. The zero-order valence-electron chi connectivity index (χ0n) is 16.1. The van der Waals surface area contributed by atoms with E-state index in [1.165, 1.54) is 12.1 Å². The second-order valence-electron chi connectivity index (χ2n) is 6.90. The van der Waals surface area contributed by atoms with Crippen LogP contribution in [0.15, 0.2) is 30.3 Å². The van der Waals surface area contributed by atoms with Crippen LogP contribution in [0.1, 0.15) is 57.7 Å². The molecular formula is C21H23Cl2O3P. The Bertz CT molecular complexity index is 923. The molecule has 2 aromatic rings. The second kappa shape index (κ2) is 8.31. The van der Waals surface area contributed by atoms with Crippen molar-refractivity contribution in [3.63, 3.8) is 0 Å². The molecule has 6 heteroatoms. The Morgan fingerprint density at radius 1 is 0.963 bits per heavy atom. The highest BCUT2D eigenvalue weighted by Crippen LogP contribution is 2.58. The molecule has 0 aromatic heterocycles. The molecule has 2 atom stereocenters. The summed E-state index contributed by atoms with van der Waals surface area (Å²) in [6, 6.07) is 8.33. The van der Waals surface area contributed by atoms with E-state index in [1.807, 2.05) is 19.1 Å². The highest BCUT2D eigenvalue weighted by atomic mass is 35.5. The van der Waals surface area contributed by atoms with Crippen LogP contribution in [0.5, 0.6) is 0 Å². The van der Waals surface area contributed by atoms with Gasteiger partial charge in [0.1, 0.15) is 0 Å². The molecule has 0 saturated heterocycles. The minimum atomic E-state index is -4.01. The standard InChI is InChI=1S/C21H23Cl2O3P/c1-6-15(5)27(26,21(25)19-16(22)8-7-9-17(19)23)20(24)18-13(3)10-12(2)11-14(18)4/h7-11,15H,6H2,1-5H3. The molecule has 2 rings (SSSR count). The fourth-order valence-electron chi connectivity index (χ4n) is 3.30. The van der Waals surface area contributed by atoms with Crippen LogP contribution < -0.4 is 0 Å². The van der Waals surface area contributed by atoms with Gasteiger partial charge in [0, 0.05) is 11.2 Å². The summed E-state index contributed by atoms with van der Waals surface area (Å²) < 4.78 is 14.0. The molecule has 144 valence electrons. The van der Waals surface area contributed by atoms with Crippen molar-refractivity contribution in [1.82, 2.24) is 0 Å². The first-order chi connectivity index (χ1) is 12.5. The van der Waals surface area contributed by atoms with E-state index in [4.69, 9.17) is 23.2 Å². The van der Waals surface area contributed by atoms with Gasteiger partial charge in [-0.2, -0.15) is 0 Å². The summed E-state index contributed by atoms with van der Waals surface area (Å²) in [5.74, 6) is 0. The van der Waals surface area contributed by atoms with Gasteiger partial charge in [0.2, 0.25) is 18.2 Å². The van der Waals surface area contributed by atoms with E-state index < -0.39 is 23.8 Å². The van der Waals surface area contributed by atoms with Crippen LogP contribution in [-0.4, -0.2) is 16.7 Å². The second-order valence-corrected chi connectivity index (χ2v) is 10.7. The predicted molar refractivity (Wildman–Crippen MR) is 113 cm³/mol. The Morgan fingerprint density at radius 2 is 1.41 bits per heavy atom. The fraction of sp³-hybridized carbons (Fsp3) is 0.333. The van der Waals surface area contributed by atoms with E-state index in [2.05, 4.69) is 0 Å². The summed E-state index contributed by atoms with van der Waals surface area (Å²) in [7, 11) is -4.01. The number of carbonyl (C=O) groups excluding carboxylic acids is 2. The van der Waals surface area contributed by atoms with E-state index in [-0.39, 0.29) is 15.6 Å². The number of hydrogen-bond acceptors (Lipinski definition) is 3. The third-order valence-electron chi connectivity index (χ3n) is 4.88. The number of carbonyl (C=O) groups is 2. The average molecular weight is 425 g/mol. The summed E-state index contributed by atoms with van der Waals surface area (Å²) in [5.41, 5.74) is 0.717. The van der Waals surface area contributed by atoms with Crippen LogP contribution in [-0.2, 0) is 4.57 Å². The number of halogens is 2. The minimum Gasteiger partial charge on any atom is -0.306 e. The third-order valence-corrected chi connectivity index (χ3v) is 8.77. The molecule has 27 heavy (non-hydrogen) atoms. The molecule has 0 saturated carbocycles. The zero-order chi connectivity index (χ0) is 20.5. The molecule has 0 radical (unpaired) electrons. The van der Waals surface area contributed by atoms with Crippen molar-refractivity contribution in [2.75, 3.05) is 0 Å². The van der Waals surface area contributed by atoms with Crippen LogP contribution in [0.2, 0.25) is 10.0 Å². The molecule has 0 fully saturated rings. The highest BCUT2D eigenvalue weighted by molar-refractivity contribution is 7.96. The van der Waals surface area contributed by atoms with Crippen LogP contribution in [0.4, 0.5) is 0 Å². The lowest BCUT2D eigenvalue weighted by Crippen LogP contribution is -2.21. The van der Waals surface area contributed by atoms with Gasteiger partial charge in [0.05, 0.1) is 15.6 Å². The number of aryl methyl sites for hydroxylation is 3. The van der Waals surface area contributed by atoms with Gasteiger partial charge in [-0.1, -0.05) is 60.8 Å². The normalized spacial score (nSPS) is 14.5. The molecule has 0 amide bonds. The Balaban J connectivity index is 2.74. The van der Waals surface area contributed by atoms with Crippen LogP contribution in [0.3, 0.4) is 0 Å². The van der Waals surface area contributed by atoms with Crippen molar-refractivity contribution < 1.29 is 14.2 Å². The lowest BCUT2D eigenvalue weighted by Gasteiger charge is -2.24. The Labute approximate surface area is 170 Å². The van der Waals surface area contributed by atoms with Crippen LogP contribution in [0, 0.1) is 20.8 Å². The van der Waals surface area contributed by atoms with Crippen molar-refractivity contribution in [2.24, 2.45) is 0 Å². The predicted octanol–water partition coefficient (Wildman–Crippen LogP) is 7.06. The molecule has 0 N–H and O–H groups in total. The van der Waals surface area contributed by atoms with Gasteiger partial charge in [-0.15, -0.1) is 0 Å². The lowest BCUT2D eigenvalue weighted by atomic mass is 10.0. The molecule has 0 heterocycles. The monoisotopic (exact) mass is 424 g/mol. The van der Waals surface area contributed by atoms with Crippen molar-refractivity contribution in [2.45, 2.75) is 46.7 Å². The Kier molecular flexibility index (Phi) is 6.73. The van der Waals surface area contributed by atoms with Gasteiger partial charge >= 0.3 is 0 Å². The molecule has 0 aliphatic carbocycles. The van der Waals surface area contributed by atoms with E-state index >= 15 is 0 Å². The van der Waals surface area contributed by atoms with E-state index in [9.17, 15) is 14.2 Å². The summed E-state index contributed by atoms with van der Waals surface area (Å²) >= 11 is 12.3. The SMILES string of the molecule is CCC(C)P(=O)(C(=O)c1c(C)cc(C)cc1C)C(=O)c1c(Cl)cccc1Cl. The number of hydrogen-bond donors (Lipinski definition) is 0. The lowest BCUT2D eigenvalue weighted by molar-refractivity contribution is 0.103. The molecule has 0 spiro atoms. The summed E-state index contributed by atoms with van der Waals surface area (Å²) in [5, 5.41) is 0.197. The highest BCUT2D eigenvalue weighted by Gasteiger charge is 2.46. The third kappa shape index (κ3) is 3.92. The first-order valence-electron chi connectivity index (χ1n) is 8.77. The first-order valence-corrected chi connectivity index (χ1v) is 11.3. The topological polar surface area (TPSA) is 51.2 Å². The fourth-order valence-corrected chi connectivity index (χ4v) is 6.76. The quantitative estimate of drug-likeness (QED) is 0.466. The maximum Gasteiger partial charge on any atom is 0.232 e. The summed E-state index contributed by atoms with van der Waals surface area (Å²) in [4.78, 5) is 26.8. The maximum atomic E-state index is 14.0. The Morgan fingerprint density at radius 3 is 1.85 bits per heavy atom. The molecule has 0 bridgehead atoms. The van der Waals surface area contributed by atoms with Crippen molar-refractivity contribution >= 4 is 41.4 Å². The first kappa shape index (κ1) is 21.9. The van der Waals surface area contributed by atoms with Gasteiger partial charge in [-0.05, 0) is 50.5 Å². The molecular weight excluding hydrogens is 402 g/mol. The smallest absolute Gasteiger partial charge is 0.232 e. The van der Waals surface area contributed by atoms with E-state index in [0.717, 1.165) is 5.56 Å². The van der Waals surface area contributed by atoms with E-state index in [1.54, 1.807) is 33.8 Å². The average Bonchev–Trinajstić information content (AvgIpc) is 2.58. The number of rotatable bonds is 6. The van der Waals surface area contributed by atoms with Crippen molar-refractivity contribution in [3.05, 3.63) is 68.2 Å². The summed E-state index contributed by atoms with van der Waals surface area (Å²) in [6.07, 6.45) is 0.417. The van der Waals surface area contributed by atoms with Crippen molar-refractivity contribution in [3.8, 4) is 0 Å². The van der Waals surface area contributed by atoms with Crippen molar-refractivity contribution in [1.29, 1.82) is 0 Å². The van der Waals surface area contributed by atoms with Gasteiger partial charge < -0.3 is 4.57 Å². The maximum absolute atomic E-state index is 14.0. The van der Waals surface area contributed by atoms with Gasteiger partial charge in [0.15, 0.2) is 0 Å². The molecule has 2 unspecified atom stereocenters. The molecule has 0 aliphatic heterocycles. The van der Waals surface area contributed by atoms with Gasteiger partial charge in [0.25, 0.3) is 0 Å². The van der Waals surface area contributed by atoms with E-state index in [0.29, 0.717) is 23.1 Å². The van der Waals surface area contributed by atoms with Gasteiger partial charge in [-0.25, -0.2) is 0 Å². The van der Waals surface area contributed by atoms with Gasteiger partial charge in [-0.3, -0.25) is 9.59 Å². The summed E-state index contributed by atoms with van der Waals surface area (Å²) in [6.45, 7) is 8.99. The minimum absolute atomic E-state index is 0.0414. The Hall–Kier alpha value is -1.41.